The number of imidazole rings is 1. The van der Waals surface area contributed by atoms with E-state index in [9.17, 15) is 15.2 Å². The second-order valence-corrected chi connectivity index (χ2v) is 7.17. The lowest BCUT2D eigenvalue weighted by molar-refractivity contribution is -0.397. The van der Waals surface area contributed by atoms with Crippen molar-refractivity contribution in [1.82, 2.24) is 14.9 Å². The van der Waals surface area contributed by atoms with E-state index in [0.29, 0.717) is 19.0 Å². The highest BCUT2D eigenvalue weighted by Gasteiger charge is 2.24. The van der Waals surface area contributed by atoms with Crippen LogP contribution in [0.25, 0.3) is 0 Å². The average Bonchev–Trinajstić information content (AvgIpc) is 2.76. The van der Waals surface area contributed by atoms with Gasteiger partial charge in [-0.1, -0.05) is 34.8 Å². The number of halogens is 2. The highest BCUT2D eigenvalue weighted by molar-refractivity contribution is 9.10. The first kappa shape index (κ1) is 20.5. The summed E-state index contributed by atoms with van der Waals surface area (Å²) >= 11 is 3.64. The Bertz CT molecular complexity index is 451. The quantitative estimate of drug-likeness (QED) is 0.375. The lowest BCUT2D eigenvalue weighted by Crippen LogP contribution is -2.40. The van der Waals surface area contributed by atoms with E-state index in [4.69, 9.17) is 0 Å². The maximum Gasteiger partial charge on any atom is 0.434 e. The molecule has 1 aromatic rings. The summed E-state index contributed by atoms with van der Waals surface area (Å²) in [4.78, 5) is 13.8. The van der Waals surface area contributed by atoms with Crippen LogP contribution in [0.15, 0.2) is 12.4 Å². The summed E-state index contributed by atoms with van der Waals surface area (Å²) in [6, 6.07) is 0. The summed E-state index contributed by atoms with van der Waals surface area (Å²) in [6.45, 7) is 7.52. The van der Waals surface area contributed by atoms with Gasteiger partial charge in [0, 0.05) is 17.4 Å². The molecule has 1 aromatic heterocycles. The molecule has 0 saturated heterocycles. The van der Waals surface area contributed by atoms with E-state index >= 15 is 0 Å². The first-order valence-electron chi connectivity index (χ1n) is 6.47. The summed E-state index contributed by atoms with van der Waals surface area (Å²) in [5, 5.41) is 23.8. The third-order valence-corrected chi connectivity index (χ3v) is 4.51. The smallest absolute Gasteiger partial charge is 0.390 e. The van der Waals surface area contributed by atoms with Gasteiger partial charge in [-0.15, -0.1) is 17.0 Å². The Morgan fingerprint density at radius 3 is 2.76 bits per heavy atom. The minimum absolute atomic E-state index is 0. The molecule has 0 bridgehead atoms. The molecule has 0 fully saturated rings. The molecule has 0 aliphatic rings. The van der Waals surface area contributed by atoms with Gasteiger partial charge in [0.15, 0.2) is 0 Å². The molecule has 0 radical (unpaired) electrons. The maximum absolute atomic E-state index is 10.7. The Morgan fingerprint density at radius 1 is 1.62 bits per heavy atom. The number of hydrogen-bond acceptors (Lipinski definition) is 5. The van der Waals surface area contributed by atoms with Crippen molar-refractivity contribution in [2.24, 2.45) is 5.92 Å². The van der Waals surface area contributed by atoms with E-state index in [1.54, 1.807) is 0 Å². The summed E-state index contributed by atoms with van der Waals surface area (Å²) in [5.74, 6) is 0.193. The molecular weight excluding hydrogens is 408 g/mol. The van der Waals surface area contributed by atoms with E-state index in [-0.39, 0.29) is 33.8 Å². The number of nitrogens with one attached hydrogen (secondary N) is 1. The summed E-state index contributed by atoms with van der Waals surface area (Å²) < 4.78 is 1.29. The monoisotopic (exact) mass is 428 g/mol. The van der Waals surface area contributed by atoms with Crippen LogP contribution in [0.3, 0.4) is 0 Å². The van der Waals surface area contributed by atoms with E-state index in [1.165, 1.54) is 17.0 Å². The number of aliphatic hydroxyl groups is 1. The first-order valence-corrected chi connectivity index (χ1v) is 7.26. The molecule has 2 atom stereocenters. The van der Waals surface area contributed by atoms with Crippen molar-refractivity contribution in [3.63, 3.8) is 0 Å². The van der Waals surface area contributed by atoms with Gasteiger partial charge in [-0.25, -0.2) is 4.57 Å². The molecule has 0 aliphatic carbocycles. The zero-order chi connectivity index (χ0) is 15.3. The molecule has 7 nitrogen and oxygen atoms in total. The highest BCUT2D eigenvalue weighted by Crippen LogP contribution is 2.25. The van der Waals surface area contributed by atoms with Gasteiger partial charge in [0.1, 0.15) is 12.4 Å². The second kappa shape index (κ2) is 8.82. The van der Waals surface area contributed by atoms with Gasteiger partial charge in [-0.3, -0.25) is 0 Å². The summed E-state index contributed by atoms with van der Waals surface area (Å²) in [7, 11) is 0. The molecular formula is C12H22Br2N4O3. The Balaban J connectivity index is 0.00000400. The number of aromatic nitrogens is 2. The third kappa shape index (κ3) is 6.41. The van der Waals surface area contributed by atoms with Crippen LogP contribution in [0, 0.1) is 16.0 Å². The normalized spacial score (nSPS) is 15.3. The molecule has 1 heterocycles. The van der Waals surface area contributed by atoms with Gasteiger partial charge >= 0.3 is 5.95 Å². The molecule has 122 valence electrons. The van der Waals surface area contributed by atoms with Crippen LogP contribution < -0.4 is 5.32 Å². The fraction of sp³-hybridized carbons (Fsp3) is 0.750. The Hall–Kier alpha value is -0.510. The molecule has 21 heavy (non-hydrogen) atoms. The van der Waals surface area contributed by atoms with Gasteiger partial charge in [0.05, 0.1) is 12.6 Å². The second-order valence-electron chi connectivity index (χ2n) is 5.35. The van der Waals surface area contributed by atoms with Gasteiger partial charge < -0.3 is 20.5 Å². The molecule has 0 amide bonds. The number of nitrogens with zero attached hydrogens (tertiary/aromatic N) is 3. The van der Waals surface area contributed by atoms with Crippen molar-refractivity contribution in [1.29, 1.82) is 0 Å². The number of rotatable bonds is 8. The van der Waals surface area contributed by atoms with E-state index in [1.807, 2.05) is 0 Å². The molecule has 0 aliphatic heterocycles. The third-order valence-electron chi connectivity index (χ3n) is 3.32. The van der Waals surface area contributed by atoms with E-state index in [2.05, 4.69) is 47.0 Å². The van der Waals surface area contributed by atoms with Gasteiger partial charge in [-0.2, -0.15) is 0 Å². The molecule has 2 N–H and O–H groups in total. The minimum atomic E-state index is -0.710. The first-order chi connectivity index (χ1) is 9.24. The van der Waals surface area contributed by atoms with Crippen molar-refractivity contribution in [2.75, 3.05) is 13.1 Å². The van der Waals surface area contributed by atoms with Crippen LogP contribution in [-0.2, 0) is 6.54 Å². The standard InChI is InChI=1S/C12H21BrN4O3.BrH/c1-9(2)12(3,13)8-14-6-10(18)7-16-5-4-15-11(16)17(19)20;/h4-5,9-10,14,18H,6-8H2,1-3H3;1H. The number of nitro groups is 1. The Labute approximate surface area is 143 Å². The molecule has 9 heteroatoms. The van der Waals surface area contributed by atoms with Crippen LogP contribution >= 0.6 is 32.9 Å². The van der Waals surface area contributed by atoms with Crippen LogP contribution in [0.5, 0.6) is 0 Å². The van der Waals surface area contributed by atoms with Crippen molar-refractivity contribution < 1.29 is 10.0 Å². The van der Waals surface area contributed by atoms with Crippen LogP contribution in [0.2, 0.25) is 0 Å². The Kier molecular flexibility index (Phi) is 8.60. The minimum Gasteiger partial charge on any atom is -0.390 e. The highest BCUT2D eigenvalue weighted by atomic mass is 79.9. The lowest BCUT2D eigenvalue weighted by Gasteiger charge is -2.27. The Morgan fingerprint density at radius 2 is 2.24 bits per heavy atom. The molecule has 0 aromatic carbocycles. The lowest BCUT2D eigenvalue weighted by atomic mass is 9.98. The zero-order valence-corrected chi connectivity index (χ0v) is 15.6. The van der Waals surface area contributed by atoms with Crippen molar-refractivity contribution in [2.45, 2.75) is 37.7 Å². The molecule has 2 unspecified atom stereocenters. The fourth-order valence-corrected chi connectivity index (χ4v) is 1.79. The molecule has 1 rings (SSSR count). The SMILES string of the molecule is Br.CC(C)C(C)(Br)CNCC(O)Cn1ccnc1[N+](=O)[O-]. The van der Waals surface area contributed by atoms with Gasteiger partial charge in [-0.05, 0) is 17.8 Å². The number of hydrogen-bond donors (Lipinski definition) is 2. The van der Waals surface area contributed by atoms with E-state index in [0.717, 1.165) is 0 Å². The molecule has 0 spiro atoms. The predicted octanol–water partition coefficient (Wildman–Crippen LogP) is 2.13. The number of alkyl halides is 1. The summed E-state index contributed by atoms with van der Waals surface area (Å²) in [5.41, 5.74) is 0. The van der Waals surface area contributed by atoms with Crippen LogP contribution in [0.1, 0.15) is 20.8 Å². The summed E-state index contributed by atoms with van der Waals surface area (Å²) in [6.07, 6.45) is 2.13. The topological polar surface area (TPSA) is 93.2 Å². The van der Waals surface area contributed by atoms with Crippen LogP contribution in [-0.4, -0.2) is 43.1 Å². The average molecular weight is 430 g/mol. The van der Waals surface area contributed by atoms with E-state index < -0.39 is 11.0 Å². The zero-order valence-electron chi connectivity index (χ0n) is 12.3. The molecule has 0 saturated carbocycles. The predicted molar refractivity (Wildman–Crippen MR) is 90.2 cm³/mol. The fourth-order valence-electron chi connectivity index (χ4n) is 1.59. The van der Waals surface area contributed by atoms with Crippen LogP contribution in [0.4, 0.5) is 5.95 Å². The van der Waals surface area contributed by atoms with Crippen molar-refractivity contribution in [3.8, 4) is 0 Å². The van der Waals surface area contributed by atoms with Gasteiger partial charge in [0.2, 0.25) is 0 Å². The largest absolute Gasteiger partial charge is 0.434 e. The maximum atomic E-state index is 10.7. The van der Waals surface area contributed by atoms with Crippen molar-refractivity contribution >= 4 is 38.9 Å². The number of aliphatic hydroxyl groups excluding tert-OH is 1. The van der Waals surface area contributed by atoms with Gasteiger partial charge in [0.25, 0.3) is 0 Å². The van der Waals surface area contributed by atoms with Crippen molar-refractivity contribution in [3.05, 3.63) is 22.5 Å².